The van der Waals surface area contributed by atoms with Gasteiger partial charge in [0.15, 0.2) is 0 Å². The number of amides is 1. The van der Waals surface area contributed by atoms with Crippen molar-refractivity contribution in [3.8, 4) is 0 Å². The third-order valence-corrected chi connectivity index (χ3v) is 2.09. The van der Waals surface area contributed by atoms with Crippen molar-refractivity contribution in [1.29, 1.82) is 0 Å². The Balaban J connectivity index is 2.77. The van der Waals surface area contributed by atoms with Gasteiger partial charge in [0.1, 0.15) is 0 Å². The van der Waals surface area contributed by atoms with Crippen LogP contribution in [0.5, 0.6) is 0 Å². The van der Waals surface area contributed by atoms with Crippen LogP contribution in [0.3, 0.4) is 0 Å². The summed E-state index contributed by atoms with van der Waals surface area (Å²) in [5.41, 5.74) is 4.97. The van der Waals surface area contributed by atoms with Crippen LogP contribution >= 0.6 is 0 Å². The summed E-state index contributed by atoms with van der Waals surface area (Å²) in [6.45, 7) is 0.330. The highest BCUT2D eigenvalue weighted by atomic mass is 19.1. The van der Waals surface area contributed by atoms with E-state index in [4.69, 9.17) is 5.73 Å². The van der Waals surface area contributed by atoms with Gasteiger partial charge in [-0.3, -0.25) is 19.8 Å². The maximum absolute atomic E-state index is 13.3. The van der Waals surface area contributed by atoms with Gasteiger partial charge in [-0.05, 0) is 18.7 Å². The number of rotatable bonds is 5. The van der Waals surface area contributed by atoms with E-state index in [1.165, 1.54) is 6.07 Å². The molecule has 92 valence electrons. The summed E-state index contributed by atoms with van der Waals surface area (Å²) in [6, 6.07) is 3.62. The molecule has 0 aliphatic heterocycles. The first-order valence-corrected chi connectivity index (χ1v) is 4.80. The lowest BCUT2D eigenvalue weighted by Crippen LogP contribution is -2.30. The number of hydrogen-bond donors (Lipinski definition) is 1. The molecule has 6 nitrogen and oxygen atoms in total. The number of primary amides is 1. The SMILES string of the molecule is CN(CC(N)=O)Cc1ccc([N+](=O)[O-])c(F)c1. The van der Waals surface area contributed by atoms with E-state index in [9.17, 15) is 19.3 Å². The average Bonchev–Trinajstić information content (AvgIpc) is 2.15. The fraction of sp³-hybridized carbons (Fsp3) is 0.300. The van der Waals surface area contributed by atoms with Crippen LogP contribution in [0.1, 0.15) is 5.56 Å². The summed E-state index contributed by atoms with van der Waals surface area (Å²) in [4.78, 5) is 21.8. The van der Waals surface area contributed by atoms with Crippen LogP contribution in [0.15, 0.2) is 18.2 Å². The lowest BCUT2D eigenvalue weighted by atomic mass is 10.2. The number of nitrogens with two attached hydrogens (primary N) is 1. The number of hydrogen-bond acceptors (Lipinski definition) is 4. The van der Waals surface area contributed by atoms with E-state index in [0.29, 0.717) is 5.56 Å². The van der Waals surface area contributed by atoms with Gasteiger partial charge in [0.05, 0.1) is 11.5 Å². The van der Waals surface area contributed by atoms with E-state index in [1.54, 1.807) is 11.9 Å². The lowest BCUT2D eigenvalue weighted by Gasteiger charge is -2.14. The Morgan fingerprint density at radius 3 is 2.71 bits per heavy atom. The highest BCUT2D eigenvalue weighted by Gasteiger charge is 2.14. The highest BCUT2D eigenvalue weighted by Crippen LogP contribution is 2.18. The maximum Gasteiger partial charge on any atom is 0.304 e. The lowest BCUT2D eigenvalue weighted by molar-refractivity contribution is -0.387. The number of halogens is 1. The molecule has 1 rings (SSSR count). The number of nitrogens with zero attached hydrogens (tertiary/aromatic N) is 2. The fourth-order valence-corrected chi connectivity index (χ4v) is 1.43. The van der Waals surface area contributed by atoms with Gasteiger partial charge in [-0.25, -0.2) is 0 Å². The minimum absolute atomic E-state index is 0.0403. The van der Waals surface area contributed by atoms with Crippen LogP contribution in [-0.2, 0) is 11.3 Å². The molecule has 1 aromatic carbocycles. The van der Waals surface area contributed by atoms with Crippen molar-refractivity contribution in [1.82, 2.24) is 4.90 Å². The third kappa shape index (κ3) is 3.80. The number of benzene rings is 1. The van der Waals surface area contributed by atoms with Gasteiger partial charge in [0, 0.05) is 12.6 Å². The predicted molar refractivity (Wildman–Crippen MR) is 58.6 cm³/mol. The number of carbonyl (C=O) groups is 1. The Morgan fingerprint density at radius 2 is 2.24 bits per heavy atom. The van der Waals surface area contributed by atoms with Crippen molar-refractivity contribution in [2.24, 2.45) is 5.73 Å². The van der Waals surface area contributed by atoms with E-state index in [2.05, 4.69) is 0 Å². The summed E-state index contributed by atoms with van der Waals surface area (Å²) >= 11 is 0. The van der Waals surface area contributed by atoms with E-state index >= 15 is 0 Å². The molecule has 0 bridgehead atoms. The van der Waals surface area contributed by atoms with Crippen molar-refractivity contribution < 1.29 is 14.1 Å². The molecule has 0 aromatic heterocycles. The summed E-state index contributed by atoms with van der Waals surface area (Å²) in [5, 5.41) is 10.4. The minimum atomic E-state index is -0.889. The monoisotopic (exact) mass is 241 g/mol. The van der Waals surface area contributed by atoms with Gasteiger partial charge in [-0.1, -0.05) is 6.07 Å². The van der Waals surface area contributed by atoms with Crippen molar-refractivity contribution in [3.05, 3.63) is 39.7 Å². The number of nitro groups is 1. The number of nitro benzene ring substituents is 1. The quantitative estimate of drug-likeness (QED) is 0.605. The zero-order valence-corrected chi connectivity index (χ0v) is 9.22. The Hall–Kier alpha value is -2.02. The second kappa shape index (κ2) is 5.35. The minimum Gasteiger partial charge on any atom is -0.369 e. The molecule has 1 amide bonds. The Bertz CT molecular complexity index is 450. The molecule has 0 atom stereocenters. The molecule has 0 aliphatic rings. The van der Waals surface area contributed by atoms with Gasteiger partial charge in [0.25, 0.3) is 0 Å². The normalized spacial score (nSPS) is 10.5. The first-order valence-electron chi connectivity index (χ1n) is 4.80. The molecule has 0 radical (unpaired) electrons. The van der Waals surface area contributed by atoms with Gasteiger partial charge < -0.3 is 5.73 Å². The highest BCUT2D eigenvalue weighted by molar-refractivity contribution is 5.75. The number of likely N-dealkylation sites (N-methyl/N-ethyl adjacent to an activating group) is 1. The second-order valence-electron chi connectivity index (χ2n) is 3.68. The zero-order valence-electron chi connectivity index (χ0n) is 9.22. The van der Waals surface area contributed by atoms with Crippen LogP contribution in [0, 0.1) is 15.9 Å². The molecule has 2 N–H and O–H groups in total. The molecule has 0 aliphatic carbocycles. The first-order chi connectivity index (χ1) is 7.90. The second-order valence-corrected chi connectivity index (χ2v) is 3.68. The van der Waals surface area contributed by atoms with Crippen molar-refractivity contribution in [2.45, 2.75) is 6.54 Å². The Kier molecular flexibility index (Phi) is 4.11. The fourth-order valence-electron chi connectivity index (χ4n) is 1.43. The van der Waals surface area contributed by atoms with E-state index < -0.39 is 22.3 Å². The van der Waals surface area contributed by atoms with Crippen LogP contribution in [-0.4, -0.2) is 29.3 Å². The van der Waals surface area contributed by atoms with Crippen molar-refractivity contribution in [2.75, 3.05) is 13.6 Å². The Labute approximate surface area is 97.0 Å². The van der Waals surface area contributed by atoms with E-state index in [1.807, 2.05) is 0 Å². The first kappa shape index (κ1) is 13.0. The number of carbonyl (C=O) groups excluding carboxylic acids is 1. The molecule has 0 spiro atoms. The molecule has 0 unspecified atom stereocenters. The van der Waals surface area contributed by atoms with Crippen LogP contribution in [0.2, 0.25) is 0 Å². The molecule has 0 saturated heterocycles. The summed E-state index contributed by atoms with van der Waals surface area (Å²) in [5.74, 6) is -1.38. The van der Waals surface area contributed by atoms with Crippen LogP contribution in [0.25, 0.3) is 0 Å². The molecular weight excluding hydrogens is 229 g/mol. The standard InChI is InChI=1S/C10H12FN3O3/c1-13(6-10(12)15)5-7-2-3-9(14(16)17)8(11)4-7/h2-4H,5-6H2,1H3,(H2,12,15). The predicted octanol–water partition coefficient (Wildman–Crippen LogP) is 0.651. The van der Waals surface area contributed by atoms with Crippen LogP contribution < -0.4 is 5.73 Å². The smallest absolute Gasteiger partial charge is 0.304 e. The van der Waals surface area contributed by atoms with Gasteiger partial charge >= 0.3 is 5.69 Å². The third-order valence-electron chi connectivity index (χ3n) is 2.09. The topological polar surface area (TPSA) is 89.5 Å². The largest absolute Gasteiger partial charge is 0.369 e. The van der Waals surface area contributed by atoms with Crippen molar-refractivity contribution >= 4 is 11.6 Å². The molecule has 0 fully saturated rings. The Morgan fingerprint density at radius 1 is 1.59 bits per heavy atom. The molecule has 7 heteroatoms. The van der Waals surface area contributed by atoms with E-state index in [-0.39, 0.29) is 13.1 Å². The molecule has 0 saturated carbocycles. The van der Waals surface area contributed by atoms with Crippen LogP contribution in [0.4, 0.5) is 10.1 Å². The van der Waals surface area contributed by atoms with Gasteiger partial charge in [-0.15, -0.1) is 0 Å². The summed E-state index contributed by atoms with van der Waals surface area (Å²) in [6.07, 6.45) is 0. The summed E-state index contributed by atoms with van der Waals surface area (Å²) < 4.78 is 13.3. The zero-order chi connectivity index (χ0) is 13.0. The molecule has 1 aromatic rings. The van der Waals surface area contributed by atoms with Gasteiger partial charge in [-0.2, -0.15) is 4.39 Å². The maximum atomic E-state index is 13.3. The van der Waals surface area contributed by atoms with E-state index in [0.717, 1.165) is 12.1 Å². The summed E-state index contributed by atoms with van der Waals surface area (Å²) in [7, 11) is 1.64. The molecular formula is C10H12FN3O3. The average molecular weight is 241 g/mol. The molecule has 17 heavy (non-hydrogen) atoms. The van der Waals surface area contributed by atoms with Crippen molar-refractivity contribution in [3.63, 3.8) is 0 Å². The molecule has 0 heterocycles. The van der Waals surface area contributed by atoms with Gasteiger partial charge in [0.2, 0.25) is 11.7 Å².